The van der Waals surface area contributed by atoms with E-state index in [0.29, 0.717) is 42.3 Å². The number of sulfone groups is 1. The van der Waals surface area contributed by atoms with Gasteiger partial charge in [0, 0.05) is 18.7 Å². The minimum atomic E-state index is -3.84. The van der Waals surface area contributed by atoms with Crippen molar-refractivity contribution in [2.45, 2.75) is 49.9 Å². The molecule has 3 aromatic rings. The summed E-state index contributed by atoms with van der Waals surface area (Å²) in [6.07, 6.45) is 3.10. The van der Waals surface area contributed by atoms with E-state index >= 15 is 0 Å². The van der Waals surface area contributed by atoms with E-state index < -0.39 is 15.7 Å². The first-order valence-electron chi connectivity index (χ1n) is 11.9. The van der Waals surface area contributed by atoms with Crippen molar-refractivity contribution in [2.75, 3.05) is 20.3 Å². The van der Waals surface area contributed by atoms with Crippen LogP contribution in [-0.4, -0.2) is 55.1 Å². The maximum absolute atomic E-state index is 13.4. The number of ether oxygens (including phenoxy) is 2. The van der Waals surface area contributed by atoms with Crippen molar-refractivity contribution in [3.8, 4) is 5.75 Å². The molecule has 1 saturated heterocycles. The Bertz CT molecular complexity index is 1280. The molecule has 0 aliphatic carbocycles. The number of aromatic nitrogens is 2. The van der Waals surface area contributed by atoms with Crippen LogP contribution in [0.25, 0.3) is 0 Å². The first-order valence-corrected chi connectivity index (χ1v) is 13.5. The summed E-state index contributed by atoms with van der Waals surface area (Å²) in [5.74, 6) is -0.266. The number of nitrogens with zero attached hydrogens (tertiary/aromatic N) is 3. The van der Waals surface area contributed by atoms with E-state index in [1.807, 2.05) is 6.92 Å². The van der Waals surface area contributed by atoms with Crippen LogP contribution in [0.1, 0.15) is 41.4 Å². The lowest BCUT2D eigenvalue weighted by atomic mass is 10.2. The minimum Gasteiger partial charge on any atom is -0.497 e. The predicted molar refractivity (Wildman–Crippen MR) is 132 cm³/mol. The van der Waals surface area contributed by atoms with Gasteiger partial charge in [-0.15, -0.1) is 0 Å². The Morgan fingerprint density at radius 2 is 1.92 bits per heavy atom. The first-order chi connectivity index (χ1) is 17.3. The van der Waals surface area contributed by atoms with Gasteiger partial charge in [0.15, 0.2) is 0 Å². The number of benzene rings is 2. The van der Waals surface area contributed by atoms with Crippen molar-refractivity contribution in [3.63, 3.8) is 0 Å². The Kier molecular flexibility index (Phi) is 8.05. The van der Waals surface area contributed by atoms with E-state index in [0.717, 1.165) is 12.8 Å². The summed E-state index contributed by atoms with van der Waals surface area (Å²) in [6.45, 7) is 3.43. The lowest BCUT2D eigenvalue weighted by Gasteiger charge is -2.23. The first kappa shape index (κ1) is 25.8. The van der Waals surface area contributed by atoms with Crippen LogP contribution in [0.2, 0.25) is 0 Å². The second kappa shape index (κ2) is 11.2. The quantitative estimate of drug-likeness (QED) is 0.408. The minimum absolute atomic E-state index is 0.0784. The molecule has 0 unspecified atom stereocenters. The largest absolute Gasteiger partial charge is 0.497 e. The molecule has 1 fully saturated rings. The highest BCUT2D eigenvalue weighted by atomic mass is 32.2. The van der Waals surface area contributed by atoms with Crippen LogP contribution in [0.15, 0.2) is 59.9 Å². The van der Waals surface area contributed by atoms with Gasteiger partial charge in [0.25, 0.3) is 5.91 Å². The van der Waals surface area contributed by atoms with Gasteiger partial charge in [-0.05, 0) is 61.7 Å². The monoisotopic (exact) mass is 515 g/mol. The summed E-state index contributed by atoms with van der Waals surface area (Å²) in [4.78, 5) is 19.1. The molecule has 2 aromatic carbocycles. The van der Waals surface area contributed by atoms with Crippen LogP contribution in [0.4, 0.5) is 4.39 Å². The Balaban J connectivity index is 1.62. The Morgan fingerprint density at radius 3 is 2.53 bits per heavy atom. The lowest BCUT2D eigenvalue weighted by molar-refractivity contribution is 0.0741. The number of carbonyl (C=O) groups excluding carboxylic acids is 1. The molecule has 1 aliphatic heterocycles. The maximum atomic E-state index is 13.4. The zero-order valence-electron chi connectivity index (χ0n) is 20.4. The molecule has 8 nitrogen and oxygen atoms in total. The Hall–Kier alpha value is -3.24. The van der Waals surface area contributed by atoms with E-state index in [-0.39, 0.29) is 29.5 Å². The number of hydrogen-bond donors (Lipinski definition) is 0. The highest BCUT2D eigenvalue weighted by Crippen LogP contribution is 2.23. The van der Waals surface area contributed by atoms with Gasteiger partial charge in [-0.3, -0.25) is 4.79 Å². The number of methoxy groups -OCH3 is 1. The van der Waals surface area contributed by atoms with E-state index in [2.05, 4.69) is 4.98 Å². The molecule has 4 rings (SSSR count). The smallest absolute Gasteiger partial charge is 0.254 e. The zero-order chi connectivity index (χ0) is 25.7. The third kappa shape index (κ3) is 5.93. The van der Waals surface area contributed by atoms with Crippen molar-refractivity contribution in [2.24, 2.45) is 0 Å². The average Bonchev–Trinajstić information content (AvgIpc) is 3.54. The van der Waals surface area contributed by atoms with Crippen LogP contribution >= 0.6 is 0 Å². The molecule has 1 atom stereocenters. The standard InChI is InChI=1S/C26H30FN3O5S/c1-3-29(25(31)20-8-12-23(34-2)13-9-20)16-22-15-28-26(30(22)17-24-5-4-14-35-24)36(32,33)18-19-6-10-21(27)11-7-19/h6-13,15,24H,3-5,14,16-18H2,1-2H3/t24-/m1/s1. The number of amides is 1. The van der Waals surface area contributed by atoms with E-state index in [9.17, 15) is 17.6 Å². The number of carbonyl (C=O) groups is 1. The van der Waals surface area contributed by atoms with Crippen molar-refractivity contribution in [3.05, 3.63) is 77.4 Å². The van der Waals surface area contributed by atoms with Crippen LogP contribution in [0, 0.1) is 5.82 Å². The number of rotatable bonds is 10. The van der Waals surface area contributed by atoms with Crippen molar-refractivity contribution in [1.82, 2.24) is 14.5 Å². The van der Waals surface area contributed by atoms with Crippen molar-refractivity contribution >= 4 is 15.7 Å². The second-order valence-corrected chi connectivity index (χ2v) is 10.6. The molecule has 1 amide bonds. The van der Waals surface area contributed by atoms with Gasteiger partial charge >= 0.3 is 0 Å². The third-order valence-corrected chi connectivity index (χ3v) is 7.81. The normalized spacial score (nSPS) is 15.7. The molecule has 1 aliphatic rings. The van der Waals surface area contributed by atoms with Crippen LogP contribution in [0.5, 0.6) is 5.75 Å². The molecule has 0 spiro atoms. The topological polar surface area (TPSA) is 90.7 Å². The fourth-order valence-electron chi connectivity index (χ4n) is 4.26. The second-order valence-electron chi connectivity index (χ2n) is 8.71. The molecule has 0 N–H and O–H groups in total. The van der Waals surface area contributed by atoms with E-state index in [1.165, 1.54) is 30.5 Å². The zero-order valence-corrected chi connectivity index (χ0v) is 21.2. The highest BCUT2D eigenvalue weighted by molar-refractivity contribution is 7.90. The summed E-state index contributed by atoms with van der Waals surface area (Å²) < 4.78 is 52.6. The highest BCUT2D eigenvalue weighted by Gasteiger charge is 2.28. The molecule has 0 saturated carbocycles. The van der Waals surface area contributed by atoms with Gasteiger partial charge < -0.3 is 18.9 Å². The molecule has 192 valence electrons. The summed E-state index contributed by atoms with van der Waals surface area (Å²) in [6, 6.07) is 12.2. The van der Waals surface area contributed by atoms with Gasteiger partial charge in [-0.1, -0.05) is 12.1 Å². The average molecular weight is 516 g/mol. The van der Waals surface area contributed by atoms with Gasteiger partial charge in [0.2, 0.25) is 15.0 Å². The maximum Gasteiger partial charge on any atom is 0.254 e. The lowest BCUT2D eigenvalue weighted by Crippen LogP contribution is -2.32. The molecule has 2 heterocycles. The summed E-state index contributed by atoms with van der Waals surface area (Å²) in [5, 5.41) is -0.0784. The Labute approximate surface area is 210 Å². The summed E-state index contributed by atoms with van der Waals surface area (Å²) >= 11 is 0. The van der Waals surface area contributed by atoms with Gasteiger partial charge in [-0.2, -0.15) is 0 Å². The molecule has 0 radical (unpaired) electrons. The molecular formula is C26H30FN3O5S. The predicted octanol–water partition coefficient (Wildman–Crippen LogP) is 3.85. The number of halogens is 1. The summed E-state index contributed by atoms with van der Waals surface area (Å²) in [7, 11) is -2.28. The van der Waals surface area contributed by atoms with Crippen molar-refractivity contribution < 1.29 is 27.1 Å². The van der Waals surface area contributed by atoms with Crippen molar-refractivity contribution in [1.29, 1.82) is 0 Å². The molecule has 1 aromatic heterocycles. The fourth-order valence-corrected chi connectivity index (χ4v) is 5.76. The van der Waals surface area contributed by atoms with Crippen LogP contribution in [-0.2, 0) is 33.4 Å². The van der Waals surface area contributed by atoms with Gasteiger partial charge in [0.1, 0.15) is 11.6 Å². The van der Waals surface area contributed by atoms with Crippen LogP contribution in [0.3, 0.4) is 0 Å². The van der Waals surface area contributed by atoms with Gasteiger partial charge in [0.05, 0.1) is 43.9 Å². The third-order valence-electron chi connectivity index (χ3n) is 6.22. The molecule has 0 bridgehead atoms. The van der Waals surface area contributed by atoms with Crippen LogP contribution < -0.4 is 4.74 Å². The fraction of sp³-hybridized carbons (Fsp3) is 0.385. The summed E-state index contributed by atoms with van der Waals surface area (Å²) in [5.41, 5.74) is 1.58. The Morgan fingerprint density at radius 1 is 1.19 bits per heavy atom. The molecular weight excluding hydrogens is 485 g/mol. The molecule has 36 heavy (non-hydrogen) atoms. The SMILES string of the molecule is CCN(Cc1cnc(S(=O)(=O)Cc2ccc(F)cc2)n1C[C@H]1CCCO1)C(=O)c1ccc(OC)cc1. The van der Waals surface area contributed by atoms with E-state index in [4.69, 9.17) is 9.47 Å². The van der Waals surface area contributed by atoms with E-state index in [1.54, 1.807) is 40.8 Å². The van der Waals surface area contributed by atoms with Gasteiger partial charge in [-0.25, -0.2) is 17.8 Å². The molecule has 10 heteroatoms. The number of imidazole rings is 1. The number of hydrogen-bond acceptors (Lipinski definition) is 6.